The van der Waals surface area contributed by atoms with Gasteiger partial charge < -0.3 is 5.32 Å². The fourth-order valence-electron chi connectivity index (χ4n) is 1.56. The molecule has 0 aliphatic rings. The van der Waals surface area contributed by atoms with Crippen LogP contribution in [0.5, 0.6) is 0 Å². The lowest BCUT2D eigenvalue weighted by Gasteiger charge is -2.06. The van der Waals surface area contributed by atoms with Crippen molar-refractivity contribution >= 4 is 34.9 Å². The van der Waals surface area contributed by atoms with E-state index in [0.29, 0.717) is 0 Å². The molecule has 0 aliphatic heterocycles. The third-order valence-corrected chi connectivity index (χ3v) is 5.51. The molecule has 0 saturated heterocycles. The van der Waals surface area contributed by atoms with Gasteiger partial charge in [0.25, 0.3) is 0 Å². The van der Waals surface area contributed by atoms with Crippen molar-refractivity contribution in [2.45, 2.75) is 27.0 Å². The van der Waals surface area contributed by atoms with Gasteiger partial charge in [-0.05, 0) is 37.4 Å². The van der Waals surface area contributed by atoms with E-state index < -0.39 is 0 Å². The summed E-state index contributed by atoms with van der Waals surface area (Å²) in [5.74, 6) is 0. The molecule has 2 rings (SSSR count). The van der Waals surface area contributed by atoms with Crippen molar-refractivity contribution in [1.29, 1.82) is 0 Å². The number of rotatable bonds is 5. The van der Waals surface area contributed by atoms with Crippen LogP contribution in [0.25, 0.3) is 0 Å². The first-order chi connectivity index (χ1) is 8.72. The molecule has 0 saturated carbocycles. The van der Waals surface area contributed by atoms with E-state index in [-0.39, 0.29) is 0 Å². The molecule has 6 heteroatoms. The van der Waals surface area contributed by atoms with Crippen molar-refractivity contribution in [3.05, 3.63) is 29.3 Å². The van der Waals surface area contributed by atoms with Gasteiger partial charge in [-0.1, -0.05) is 47.0 Å². The third kappa shape index (κ3) is 3.47. The zero-order chi connectivity index (χ0) is 13.0. The fourth-order valence-corrected chi connectivity index (χ4v) is 4.02. The molecule has 1 aromatic heterocycles. The minimum atomic E-state index is 0.904. The van der Waals surface area contributed by atoms with Crippen LogP contribution in [0.4, 0.5) is 0 Å². The standard InChI is InChI=1S/C12H15N3S3/c1-8-6-9(7-13-2)4-5-10(8)17-12-15-14-11(16-3)18-12/h4-6,13H,7H2,1-3H3. The molecule has 0 fully saturated rings. The number of nitrogens with one attached hydrogen (secondary N) is 1. The van der Waals surface area contributed by atoms with Gasteiger partial charge in [-0.15, -0.1) is 10.2 Å². The first-order valence-electron chi connectivity index (χ1n) is 5.52. The second-order valence-corrected chi connectivity index (χ2v) is 7.09. The Hall–Kier alpha value is -0.560. The maximum Gasteiger partial charge on any atom is 0.179 e. The zero-order valence-corrected chi connectivity index (χ0v) is 13.0. The van der Waals surface area contributed by atoms with Gasteiger partial charge in [-0.2, -0.15) is 0 Å². The molecule has 0 radical (unpaired) electrons. The second-order valence-electron chi connectivity index (χ2n) is 3.77. The molecule has 0 amide bonds. The van der Waals surface area contributed by atoms with Crippen molar-refractivity contribution in [2.75, 3.05) is 13.3 Å². The highest BCUT2D eigenvalue weighted by atomic mass is 32.2. The van der Waals surface area contributed by atoms with E-state index >= 15 is 0 Å². The lowest BCUT2D eigenvalue weighted by molar-refractivity contribution is 0.815. The van der Waals surface area contributed by atoms with E-state index in [1.807, 2.05) is 13.3 Å². The van der Waals surface area contributed by atoms with Crippen LogP contribution < -0.4 is 5.32 Å². The smallest absolute Gasteiger partial charge is 0.179 e. The summed E-state index contributed by atoms with van der Waals surface area (Å²) in [6, 6.07) is 6.53. The van der Waals surface area contributed by atoms with Crippen LogP contribution in [-0.4, -0.2) is 23.5 Å². The van der Waals surface area contributed by atoms with Crippen molar-refractivity contribution in [1.82, 2.24) is 15.5 Å². The molecule has 18 heavy (non-hydrogen) atoms. The summed E-state index contributed by atoms with van der Waals surface area (Å²) in [5.41, 5.74) is 2.59. The van der Waals surface area contributed by atoms with Crippen molar-refractivity contribution < 1.29 is 0 Å². The number of aryl methyl sites for hydroxylation is 1. The summed E-state index contributed by atoms with van der Waals surface area (Å²) >= 11 is 4.97. The average Bonchev–Trinajstić information content (AvgIpc) is 2.81. The summed E-state index contributed by atoms with van der Waals surface area (Å²) in [6.07, 6.45) is 2.02. The molecule has 1 heterocycles. The van der Waals surface area contributed by atoms with Gasteiger partial charge in [0.2, 0.25) is 0 Å². The highest BCUT2D eigenvalue weighted by molar-refractivity contribution is 8.03. The number of thioether (sulfide) groups is 1. The van der Waals surface area contributed by atoms with Gasteiger partial charge in [0.05, 0.1) is 0 Å². The van der Waals surface area contributed by atoms with Gasteiger partial charge in [-0.3, -0.25) is 0 Å². The Balaban J connectivity index is 2.13. The first-order valence-corrected chi connectivity index (χ1v) is 8.38. The highest BCUT2D eigenvalue weighted by Gasteiger charge is 2.07. The average molecular weight is 297 g/mol. The van der Waals surface area contributed by atoms with Gasteiger partial charge in [0.1, 0.15) is 0 Å². The van der Waals surface area contributed by atoms with Gasteiger partial charge in [0, 0.05) is 11.4 Å². The monoisotopic (exact) mass is 297 g/mol. The molecule has 96 valence electrons. The zero-order valence-electron chi connectivity index (χ0n) is 10.6. The van der Waals surface area contributed by atoms with Crippen LogP contribution in [0, 0.1) is 6.92 Å². The molecule has 0 bridgehead atoms. The molecular formula is C12H15N3S3. The number of hydrogen-bond donors (Lipinski definition) is 1. The van der Waals surface area contributed by atoms with Gasteiger partial charge >= 0.3 is 0 Å². The molecule has 1 aromatic carbocycles. The van der Waals surface area contributed by atoms with Crippen LogP contribution in [-0.2, 0) is 6.54 Å². The van der Waals surface area contributed by atoms with E-state index in [4.69, 9.17) is 0 Å². The topological polar surface area (TPSA) is 37.8 Å². The number of hydrogen-bond acceptors (Lipinski definition) is 6. The molecular weight excluding hydrogens is 282 g/mol. The van der Waals surface area contributed by atoms with E-state index in [0.717, 1.165) is 15.2 Å². The van der Waals surface area contributed by atoms with Crippen LogP contribution >= 0.6 is 34.9 Å². The van der Waals surface area contributed by atoms with Gasteiger partial charge in [-0.25, -0.2) is 0 Å². The molecule has 0 unspecified atom stereocenters. The van der Waals surface area contributed by atoms with Crippen molar-refractivity contribution in [2.24, 2.45) is 0 Å². The van der Waals surface area contributed by atoms with E-state index in [9.17, 15) is 0 Å². The van der Waals surface area contributed by atoms with E-state index in [1.54, 1.807) is 34.9 Å². The molecule has 0 atom stereocenters. The minimum Gasteiger partial charge on any atom is -0.316 e. The van der Waals surface area contributed by atoms with Gasteiger partial charge in [0.15, 0.2) is 8.68 Å². The number of benzene rings is 1. The Kier molecular flexibility index (Phi) is 5.05. The summed E-state index contributed by atoms with van der Waals surface area (Å²) in [4.78, 5) is 1.25. The van der Waals surface area contributed by atoms with Crippen molar-refractivity contribution in [3.63, 3.8) is 0 Å². The summed E-state index contributed by atoms with van der Waals surface area (Å²) in [6.45, 7) is 3.04. The Labute approximate surface area is 120 Å². The Morgan fingerprint density at radius 1 is 1.28 bits per heavy atom. The Morgan fingerprint density at radius 2 is 2.06 bits per heavy atom. The summed E-state index contributed by atoms with van der Waals surface area (Å²) < 4.78 is 2.02. The predicted molar refractivity (Wildman–Crippen MR) is 79.8 cm³/mol. The third-order valence-electron chi connectivity index (χ3n) is 2.38. The molecule has 1 N–H and O–H groups in total. The minimum absolute atomic E-state index is 0.904. The van der Waals surface area contributed by atoms with Crippen LogP contribution in [0.1, 0.15) is 11.1 Å². The van der Waals surface area contributed by atoms with Crippen LogP contribution in [0.15, 0.2) is 31.8 Å². The van der Waals surface area contributed by atoms with Crippen LogP contribution in [0.2, 0.25) is 0 Å². The molecule has 3 nitrogen and oxygen atoms in total. The quantitative estimate of drug-likeness (QED) is 0.856. The normalized spacial score (nSPS) is 10.8. The fraction of sp³-hybridized carbons (Fsp3) is 0.333. The summed E-state index contributed by atoms with van der Waals surface area (Å²) in [5, 5.41) is 11.5. The molecule has 0 spiro atoms. The molecule has 0 aliphatic carbocycles. The van der Waals surface area contributed by atoms with E-state index in [1.165, 1.54) is 16.0 Å². The Morgan fingerprint density at radius 3 is 2.67 bits per heavy atom. The van der Waals surface area contributed by atoms with Crippen LogP contribution in [0.3, 0.4) is 0 Å². The highest BCUT2D eigenvalue weighted by Crippen LogP contribution is 2.34. The predicted octanol–water partition coefficient (Wildman–Crippen LogP) is 3.44. The largest absolute Gasteiger partial charge is 0.316 e. The maximum absolute atomic E-state index is 4.18. The lowest BCUT2D eigenvalue weighted by Crippen LogP contribution is -2.05. The maximum atomic E-state index is 4.18. The van der Waals surface area contributed by atoms with E-state index in [2.05, 4.69) is 40.6 Å². The summed E-state index contributed by atoms with van der Waals surface area (Å²) in [7, 11) is 1.96. The van der Waals surface area contributed by atoms with Crippen molar-refractivity contribution in [3.8, 4) is 0 Å². The lowest BCUT2D eigenvalue weighted by atomic mass is 10.1. The number of aromatic nitrogens is 2. The molecule has 2 aromatic rings. The first kappa shape index (κ1) is 13.9. The SMILES string of the molecule is CNCc1ccc(Sc2nnc(SC)s2)c(C)c1. The second kappa shape index (κ2) is 6.56. The number of nitrogens with zero attached hydrogens (tertiary/aromatic N) is 2. The Bertz CT molecular complexity index is 525.